The molecular weight excluding hydrogens is 440 g/mol. The number of nitrogens with zero attached hydrogens (tertiary/aromatic N) is 3. The van der Waals surface area contributed by atoms with Crippen molar-refractivity contribution in [2.24, 2.45) is 12.5 Å². The van der Waals surface area contributed by atoms with Gasteiger partial charge in [0.1, 0.15) is 5.75 Å². The Kier molecular flexibility index (Phi) is 7.58. The summed E-state index contributed by atoms with van der Waals surface area (Å²) < 4.78 is 7.62. The maximum Gasteiger partial charge on any atom is 0.255 e. The van der Waals surface area contributed by atoms with E-state index in [4.69, 9.17) is 16.3 Å². The first-order valence-electron chi connectivity index (χ1n) is 11.9. The number of aryl methyl sites for hydroxylation is 2. The first kappa shape index (κ1) is 23.6. The number of carbonyl (C=O) groups is 2. The van der Waals surface area contributed by atoms with Crippen LogP contribution in [-0.4, -0.2) is 52.7 Å². The topological polar surface area (TPSA) is 76.5 Å². The smallest absolute Gasteiger partial charge is 0.255 e. The lowest BCUT2D eigenvalue weighted by Crippen LogP contribution is -2.51. The SMILES string of the molecule is Cn1cc(CCC(=O)N2CCCC3(CCCCCOc4ccc(Cl)cc4C(=O)NC3)C2)cn1. The summed E-state index contributed by atoms with van der Waals surface area (Å²) in [4.78, 5) is 28.1. The molecule has 178 valence electrons. The summed E-state index contributed by atoms with van der Waals surface area (Å²) in [7, 11) is 1.89. The number of hydrogen-bond donors (Lipinski definition) is 1. The molecule has 3 heterocycles. The van der Waals surface area contributed by atoms with Crippen molar-refractivity contribution in [1.82, 2.24) is 20.0 Å². The van der Waals surface area contributed by atoms with Gasteiger partial charge in [0.05, 0.1) is 18.4 Å². The molecule has 0 saturated carbocycles. The minimum Gasteiger partial charge on any atom is -0.493 e. The molecule has 2 aliphatic heterocycles. The van der Waals surface area contributed by atoms with Crippen molar-refractivity contribution in [3.8, 4) is 5.75 Å². The van der Waals surface area contributed by atoms with E-state index in [2.05, 4.69) is 10.4 Å². The summed E-state index contributed by atoms with van der Waals surface area (Å²) in [6, 6.07) is 5.18. The van der Waals surface area contributed by atoms with Crippen LogP contribution in [0, 0.1) is 5.41 Å². The first-order chi connectivity index (χ1) is 15.9. The molecule has 8 heteroatoms. The van der Waals surface area contributed by atoms with Crippen LogP contribution in [-0.2, 0) is 18.3 Å². The molecule has 1 saturated heterocycles. The van der Waals surface area contributed by atoms with E-state index in [-0.39, 0.29) is 17.2 Å². The van der Waals surface area contributed by atoms with Gasteiger partial charge in [0, 0.05) is 49.7 Å². The molecule has 1 aromatic carbocycles. The highest BCUT2D eigenvalue weighted by molar-refractivity contribution is 6.31. The largest absolute Gasteiger partial charge is 0.493 e. The van der Waals surface area contributed by atoms with E-state index >= 15 is 0 Å². The Labute approximate surface area is 200 Å². The fourth-order valence-corrected chi connectivity index (χ4v) is 5.17. The Balaban J connectivity index is 1.45. The third-order valence-electron chi connectivity index (χ3n) is 6.82. The van der Waals surface area contributed by atoms with Crippen molar-refractivity contribution in [3.05, 3.63) is 46.7 Å². The Morgan fingerprint density at radius 3 is 2.91 bits per heavy atom. The maximum atomic E-state index is 13.0. The van der Waals surface area contributed by atoms with E-state index in [1.54, 1.807) is 22.9 Å². The van der Waals surface area contributed by atoms with Crippen molar-refractivity contribution in [3.63, 3.8) is 0 Å². The van der Waals surface area contributed by atoms with Gasteiger partial charge in [0.2, 0.25) is 5.91 Å². The van der Waals surface area contributed by atoms with Crippen molar-refractivity contribution >= 4 is 23.4 Å². The number of hydrogen-bond acceptors (Lipinski definition) is 4. The Morgan fingerprint density at radius 2 is 2.09 bits per heavy atom. The predicted octanol–water partition coefficient (Wildman–Crippen LogP) is 4.00. The van der Waals surface area contributed by atoms with E-state index in [0.29, 0.717) is 48.9 Å². The van der Waals surface area contributed by atoms with E-state index in [0.717, 1.165) is 50.6 Å². The molecule has 4 rings (SSSR count). The van der Waals surface area contributed by atoms with Gasteiger partial charge < -0.3 is 15.0 Å². The van der Waals surface area contributed by atoms with E-state index in [9.17, 15) is 9.59 Å². The van der Waals surface area contributed by atoms with Crippen LogP contribution < -0.4 is 10.1 Å². The van der Waals surface area contributed by atoms with Gasteiger partial charge in [-0.1, -0.05) is 24.4 Å². The van der Waals surface area contributed by atoms with E-state index in [1.807, 2.05) is 24.3 Å². The standard InChI is InChI=1S/C25H33ClN4O3/c1-29-16-19(15-28-29)6-9-23(31)30-12-5-11-25(18-30)10-3-2-4-13-33-22-8-7-20(26)14-21(22)24(32)27-17-25/h7-8,14-16H,2-6,9-13,17-18H2,1H3,(H,27,32). The number of aromatic nitrogens is 2. The Morgan fingerprint density at radius 1 is 1.24 bits per heavy atom. The van der Waals surface area contributed by atoms with E-state index < -0.39 is 0 Å². The molecule has 1 spiro atoms. The van der Waals surface area contributed by atoms with Gasteiger partial charge in [-0.15, -0.1) is 0 Å². The molecule has 2 amide bonds. The number of halogens is 1. The van der Waals surface area contributed by atoms with Crippen LogP contribution in [0.4, 0.5) is 0 Å². The van der Waals surface area contributed by atoms with Gasteiger partial charge >= 0.3 is 0 Å². The normalized spacial score (nSPS) is 22.0. The molecule has 1 aromatic heterocycles. The minimum absolute atomic E-state index is 0.101. The Hall–Kier alpha value is -2.54. The first-order valence-corrected chi connectivity index (χ1v) is 12.3. The van der Waals surface area contributed by atoms with Gasteiger partial charge in [-0.05, 0) is 55.9 Å². The number of ether oxygens (including phenoxy) is 1. The molecule has 0 bridgehead atoms. The van der Waals surface area contributed by atoms with Gasteiger partial charge in [0.25, 0.3) is 5.91 Å². The second kappa shape index (κ2) is 10.6. The highest BCUT2D eigenvalue weighted by atomic mass is 35.5. The lowest BCUT2D eigenvalue weighted by atomic mass is 9.75. The van der Waals surface area contributed by atoms with Gasteiger partial charge in [-0.25, -0.2) is 0 Å². The average molecular weight is 473 g/mol. The molecule has 0 radical (unpaired) electrons. The number of benzene rings is 1. The molecule has 1 unspecified atom stereocenters. The lowest BCUT2D eigenvalue weighted by Gasteiger charge is -2.43. The van der Waals surface area contributed by atoms with Crippen molar-refractivity contribution in [2.45, 2.75) is 51.4 Å². The highest BCUT2D eigenvalue weighted by Crippen LogP contribution is 2.36. The molecule has 2 aromatic rings. The predicted molar refractivity (Wildman–Crippen MR) is 128 cm³/mol. The number of rotatable bonds is 3. The summed E-state index contributed by atoms with van der Waals surface area (Å²) in [5, 5.41) is 7.84. The van der Waals surface area contributed by atoms with E-state index in [1.165, 1.54) is 0 Å². The van der Waals surface area contributed by atoms with Crippen LogP contribution in [0.1, 0.15) is 60.9 Å². The summed E-state index contributed by atoms with van der Waals surface area (Å²) in [5.41, 5.74) is 1.45. The second-order valence-corrected chi connectivity index (χ2v) is 9.86. The zero-order valence-corrected chi connectivity index (χ0v) is 20.1. The molecule has 1 N–H and O–H groups in total. The molecular formula is C25H33ClN4O3. The quantitative estimate of drug-likeness (QED) is 0.732. The van der Waals surface area contributed by atoms with Crippen LogP contribution in [0.25, 0.3) is 0 Å². The monoisotopic (exact) mass is 472 g/mol. The number of nitrogens with one attached hydrogen (secondary N) is 1. The lowest BCUT2D eigenvalue weighted by molar-refractivity contribution is -0.134. The third-order valence-corrected chi connectivity index (χ3v) is 7.05. The zero-order valence-electron chi connectivity index (χ0n) is 19.3. The number of amides is 2. The molecule has 33 heavy (non-hydrogen) atoms. The fraction of sp³-hybridized carbons (Fsp3) is 0.560. The Bertz CT molecular complexity index is 992. The van der Waals surface area contributed by atoms with Crippen LogP contribution in [0.5, 0.6) is 5.75 Å². The van der Waals surface area contributed by atoms with Gasteiger partial charge in [0.15, 0.2) is 0 Å². The van der Waals surface area contributed by atoms with Crippen molar-refractivity contribution < 1.29 is 14.3 Å². The van der Waals surface area contributed by atoms with Gasteiger partial charge in [-0.3, -0.25) is 14.3 Å². The summed E-state index contributed by atoms with van der Waals surface area (Å²) in [5.74, 6) is 0.579. The third kappa shape index (κ3) is 6.08. The fourth-order valence-electron chi connectivity index (χ4n) is 5.00. The van der Waals surface area contributed by atoms with Crippen LogP contribution in [0.15, 0.2) is 30.6 Å². The number of likely N-dealkylation sites (tertiary alicyclic amines) is 1. The zero-order chi connectivity index (χ0) is 23.3. The summed E-state index contributed by atoms with van der Waals surface area (Å²) in [6.45, 7) is 2.60. The molecule has 2 aliphatic rings. The van der Waals surface area contributed by atoms with Crippen molar-refractivity contribution in [2.75, 3.05) is 26.2 Å². The molecule has 0 aliphatic carbocycles. The minimum atomic E-state index is -0.174. The number of carbonyl (C=O) groups excluding carboxylic acids is 2. The van der Waals surface area contributed by atoms with Crippen molar-refractivity contribution in [1.29, 1.82) is 0 Å². The van der Waals surface area contributed by atoms with Gasteiger partial charge in [-0.2, -0.15) is 5.10 Å². The number of fused-ring (bicyclic) bond motifs is 1. The van der Waals surface area contributed by atoms with Crippen LogP contribution in [0.2, 0.25) is 5.02 Å². The van der Waals surface area contributed by atoms with Crippen LogP contribution in [0.3, 0.4) is 0 Å². The maximum absolute atomic E-state index is 13.0. The average Bonchev–Trinajstić information content (AvgIpc) is 3.23. The molecule has 1 atom stereocenters. The summed E-state index contributed by atoms with van der Waals surface area (Å²) in [6.07, 6.45) is 11.0. The number of piperidine rings is 1. The highest BCUT2D eigenvalue weighted by Gasteiger charge is 2.37. The summed E-state index contributed by atoms with van der Waals surface area (Å²) >= 11 is 6.15. The molecule has 7 nitrogen and oxygen atoms in total. The molecule has 1 fully saturated rings. The van der Waals surface area contributed by atoms with Crippen LogP contribution >= 0.6 is 11.6 Å². The second-order valence-electron chi connectivity index (χ2n) is 9.42.